The number of hydrogen-bond donors (Lipinski definition) is 3. The third-order valence-corrected chi connectivity index (χ3v) is 6.53. The summed E-state index contributed by atoms with van der Waals surface area (Å²) < 4.78 is 39.0. The normalized spacial score (nSPS) is 12.7. The van der Waals surface area contributed by atoms with Crippen LogP contribution in [0.15, 0.2) is 54.6 Å². The molecule has 0 unspecified atom stereocenters. The molecule has 3 N–H and O–H groups in total. The average Bonchev–Trinajstić information content (AvgIpc) is 3.43. The van der Waals surface area contributed by atoms with Crippen molar-refractivity contribution in [3.05, 3.63) is 60.2 Å². The van der Waals surface area contributed by atoms with Crippen LogP contribution >= 0.6 is 11.3 Å². The third-order valence-electron chi connectivity index (χ3n) is 5.39. The fourth-order valence-corrected chi connectivity index (χ4v) is 4.57. The number of imidazole rings is 1. The van der Waals surface area contributed by atoms with Crippen molar-refractivity contribution in [3.8, 4) is 21.1 Å². The van der Waals surface area contributed by atoms with Crippen molar-refractivity contribution >= 4 is 39.9 Å². The van der Waals surface area contributed by atoms with E-state index in [2.05, 4.69) is 20.6 Å². The molecule has 0 aliphatic heterocycles. The summed E-state index contributed by atoms with van der Waals surface area (Å²) in [4.78, 5) is 33.1. The zero-order valence-electron chi connectivity index (χ0n) is 19.2. The predicted octanol–water partition coefficient (Wildman–Crippen LogP) is 6.08. The topological polar surface area (TPSA) is 86.9 Å². The molecular weight excluding hydrogens is 477 g/mol. The van der Waals surface area contributed by atoms with Crippen LogP contribution in [0.2, 0.25) is 0 Å². The maximum Gasteiger partial charge on any atom is 0.416 e. The second-order valence-electron chi connectivity index (χ2n) is 8.47. The largest absolute Gasteiger partial charge is 0.416 e. The first-order chi connectivity index (χ1) is 16.5. The van der Waals surface area contributed by atoms with Gasteiger partial charge in [-0.15, -0.1) is 11.3 Å². The maximum atomic E-state index is 13.0. The lowest BCUT2D eigenvalue weighted by Gasteiger charge is -2.21. The van der Waals surface area contributed by atoms with E-state index in [0.717, 1.165) is 27.5 Å². The van der Waals surface area contributed by atoms with E-state index < -0.39 is 17.8 Å². The SMILES string of the molecule is CC(=O)N[C@H](C(=O)Nc1ccc(-c2ccc(-c3nc4ccc(C(F)(F)F)cc4[nH]3)s2)cc1)C(C)C. The lowest BCUT2D eigenvalue weighted by molar-refractivity contribution is -0.137. The van der Waals surface area contributed by atoms with E-state index in [0.29, 0.717) is 22.5 Å². The summed E-state index contributed by atoms with van der Waals surface area (Å²) in [5.74, 6) is -0.133. The van der Waals surface area contributed by atoms with Crippen LogP contribution < -0.4 is 10.6 Å². The first kappa shape index (κ1) is 24.5. The highest BCUT2D eigenvalue weighted by Crippen LogP contribution is 2.36. The van der Waals surface area contributed by atoms with Gasteiger partial charge < -0.3 is 15.6 Å². The minimum Gasteiger partial charge on any atom is -0.344 e. The fourth-order valence-electron chi connectivity index (χ4n) is 3.61. The van der Waals surface area contributed by atoms with E-state index in [1.165, 1.54) is 24.3 Å². The minimum absolute atomic E-state index is 0.0685. The fraction of sp³-hybridized carbons (Fsp3) is 0.240. The first-order valence-corrected chi connectivity index (χ1v) is 11.7. The molecule has 1 atom stereocenters. The van der Waals surface area contributed by atoms with E-state index >= 15 is 0 Å². The highest BCUT2D eigenvalue weighted by molar-refractivity contribution is 7.18. The summed E-state index contributed by atoms with van der Waals surface area (Å²) in [5, 5.41) is 5.48. The van der Waals surface area contributed by atoms with E-state index in [4.69, 9.17) is 0 Å². The molecule has 0 bridgehead atoms. The number of aromatic amines is 1. The van der Waals surface area contributed by atoms with E-state index in [1.807, 2.05) is 38.1 Å². The summed E-state index contributed by atoms with van der Waals surface area (Å²) >= 11 is 1.45. The number of carbonyl (C=O) groups is 2. The number of alkyl halides is 3. The highest BCUT2D eigenvalue weighted by Gasteiger charge is 2.30. The number of halogens is 3. The molecule has 182 valence electrons. The molecule has 2 amide bonds. The van der Waals surface area contributed by atoms with Crippen LogP contribution in [0.1, 0.15) is 26.3 Å². The lowest BCUT2D eigenvalue weighted by atomic mass is 10.0. The number of nitrogens with zero attached hydrogens (tertiary/aromatic N) is 1. The molecule has 0 radical (unpaired) electrons. The van der Waals surface area contributed by atoms with E-state index in [9.17, 15) is 22.8 Å². The van der Waals surface area contributed by atoms with Crippen LogP contribution in [0.25, 0.3) is 32.2 Å². The lowest BCUT2D eigenvalue weighted by Crippen LogP contribution is -2.46. The molecule has 0 aliphatic carbocycles. The van der Waals surface area contributed by atoms with Gasteiger partial charge in [-0.3, -0.25) is 9.59 Å². The van der Waals surface area contributed by atoms with Crippen molar-refractivity contribution in [2.75, 3.05) is 5.32 Å². The van der Waals surface area contributed by atoms with Crippen LogP contribution in [0.5, 0.6) is 0 Å². The van der Waals surface area contributed by atoms with Crippen LogP contribution in [0, 0.1) is 5.92 Å². The number of thiophene rings is 1. The molecule has 35 heavy (non-hydrogen) atoms. The van der Waals surface area contributed by atoms with Crippen molar-refractivity contribution in [3.63, 3.8) is 0 Å². The average molecular weight is 501 g/mol. The van der Waals surface area contributed by atoms with Crippen LogP contribution in [-0.4, -0.2) is 27.8 Å². The number of aromatic nitrogens is 2. The second kappa shape index (κ2) is 9.53. The molecule has 0 saturated heterocycles. The number of hydrogen-bond acceptors (Lipinski definition) is 4. The maximum absolute atomic E-state index is 13.0. The Kier molecular flexibility index (Phi) is 6.66. The quantitative estimate of drug-likeness (QED) is 0.300. The van der Waals surface area contributed by atoms with Gasteiger partial charge in [-0.2, -0.15) is 13.2 Å². The number of H-pyrrole nitrogens is 1. The second-order valence-corrected chi connectivity index (χ2v) is 9.55. The minimum atomic E-state index is -4.42. The Morgan fingerprint density at radius 2 is 1.69 bits per heavy atom. The Morgan fingerprint density at radius 1 is 1.00 bits per heavy atom. The van der Waals surface area contributed by atoms with Crippen LogP contribution in [-0.2, 0) is 15.8 Å². The Balaban J connectivity index is 1.50. The monoisotopic (exact) mass is 500 g/mol. The molecule has 2 aromatic heterocycles. The zero-order chi connectivity index (χ0) is 25.3. The standard InChI is InChI=1S/C25H23F3N4O2S/c1-13(2)22(29-14(3)33)24(34)30-17-7-4-15(5-8-17)20-10-11-21(35-20)23-31-18-9-6-16(25(26,27)28)12-19(18)32-23/h4-13,22H,1-3H3,(H,29,33)(H,30,34)(H,31,32)/t22-/m0/s1. The Bertz CT molecular complexity index is 1370. The summed E-state index contributed by atoms with van der Waals surface area (Å²) in [6, 6.07) is 13.8. The highest BCUT2D eigenvalue weighted by atomic mass is 32.1. The number of fused-ring (bicyclic) bond motifs is 1. The van der Waals surface area contributed by atoms with Gasteiger partial charge in [0.05, 0.1) is 21.5 Å². The Morgan fingerprint density at radius 3 is 2.31 bits per heavy atom. The first-order valence-electron chi connectivity index (χ1n) is 10.9. The van der Waals surface area contributed by atoms with Gasteiger partial charge in [-0.05, 0) is 53.9 Å². The zero-order valence-corrected chi connectivity index (χ0v) is 20.0. The van der Waals surface area contributed by atoms with E-state index in [1.54, 1.807) is 12.1 Å². The summed E-state index contributed by atoms with van der Waals surface area (Å²) in [6.45, 7) is 5.08. The van der Waals surface area contributed by atoms with Crippen molar-refractivity contribution < 1.29 is 22.8 Å². The molecular formula is C25H23F3N4O2S. The van der Waals surface area contributed by atoms with Crippen LogP contribution in [0.3, 0.4) is 0 Å². The molecule has 0 fully saturated rings. The number of nitrogens with one attached hydrogen (secondary N) is 3. The molecule has 4 aromatic rings. The summed E-state index contributed by atoms with van der Waals surface area (Å²) in [6.07, 6.45) is -4.42. The Hall–Kier alpha value is -3.66. The molecule has 4 rings (SSSR count). The summed E-state index contributed by atoms with van der Waals surface area (Å²) in [5.41, 5.74) is 1.57. The van der Waals surface area contributed by atoms with Crippen molar-refractivity contribution in [2.24, 2.45) is 5.92 Å². The van der Waals surface area contributed by atoms with E-state index in [-0.39, 0.29) is 17.7 Å². The predicted molar refractivity (Wildman–Crippen MR) is 131 cm³/mol. The molecule has 10 heteroatoms. The summed E-state index contributed by atoms with van der Waals surface area (Å²) in [7, 11) is 0. The molecule has 0 spiro atoms. The van der Waals surface area contributed by atoms with Gasteiger partial charge in [0.1, 0.15) is 11.9 Å². The van der Waals surface area contributed by atoms with Gasteiger partial charge in [-0.25, -0.2) is 4.98 Å². The number of amides is 2. The smallest absolute Gasteiger partial charge is 0.344 e. The molecule has 0 aliphatic rings. The van der Waals surface area contributed by atoms with Crippen molar-refractivity contribution in [1.29, 1.82) is 0 Å². The van der Waals surface area contributed by atoms with Gasteiger partial charge in [0.2, 0.25) is 11.8 Å². The molecule has 2 heterocycles. The third kappa shape index (κ3) is 5.54. The van der Waals surface area contributed by atoms with Gasteiger partial charge in [0.15, 0.2) is 0 Å². The molecule has 0 saturated carbocycles. The van der Waals surface area contributed by atoms with Crippen LogP contribution in [0.4, 0.5) is 18.9 Å². The molecule has 2 aromatic carbocycles. The number of carbonyl (C=O) groups excluding carboxylic acids is 2. The van der Waals surface area contributed by atoms with Crippen molar-refractivity contribution in [1.82, 2.24) is 15.3 Å². The number of rotatable bonds is 6. The van der Waals surface area contributed by atoms with Gasteiger partial charge in [-0.1, -0.05) is 26.0 Å². The van der Waals surface area contributed by atoms with Gasteiger partial charge >= 0.3 is 6.18 Å². The Labute approximate surface area is 203 Å². The van der Waals surface area contributed by atoms with Gasteiger partial charge in [0, 0.05) is 17.5 Å². The molecule has 6 nitrogen and oxygen atoms in total. The number of anilines is 1. The van der Waals surface area contributed by atoms with Gasteiger partial charge in [0.25, 0.3) is 0 Å². The van der Waals surface area contributed by atoms with Crippen molar-refractivity contribution in [2.45, 2.75) is 33.0 Å². The number of benzene rings is 2.